The summed E-state index contributed by atoms with van der Waals surface area (Å²) >= 11 is 0. The maximum absolute atomic E-state index is 12.8. The molecule has 1 fully saturated rings. The third-order valence-electron chi connectivity index (χ3n) is 4.59. The number of nitro benzene ring substituents is 1. The van der Waals surface area contributed by atoms with Gasteiger partial charge in [-0.2, -0.15) is 0 Å². The predicted octanol–water partition coefficient (Wildman–Crippen LogP) is 2.68. The second-order valence-electron chi connectivity index (χ2n) is 6.28. The van der Waals surface area contributed by atoms with Gasteiger partial charge in [-0.05, 0) is 31.4 Å². The number of nitro groups is 1. The van der Waals surface area contributed by atoms with Crippen LogP contribution in [0.3, 0.4) is 0 Å². The van der Waals surface area contributed by atoms with Crippen LogP contribution in [0.1, 0.15) is 19.3 Å². The molecule has 1 aliphatic rings. The van der Waals surface area contributed by atoms with Crippen molar-refractivity contribution in [3.05, 3.63) is 63.2 Å². The molecule has 1 aromatic carbocycles. The van der Waals surface area contributed by atoms with Crippen LogP contribution in [-0.2, 0) is 0 Å². The average Bonchev–Trinajstić information content (AvgIpc) is 2.69. The number of non-ortho nitro benzene ring substituents is 1. The van der Waals surface area contributed by atoms with Crippen molar-refractivity contribution in [1.29, 1.82) is 0 Å². The number of aromatic nitrogens is 3. The minimum Gasteiger partial charge on any atom is -0.341 e. The predicted molar refractivity (Wildman–Crippen MR) is 97.9 cm³/mol. The molecule has 0 saturated carbocycles. The summed E-state index contributed by atoms with van der Waals surface area (Å²) in [7, 11) is 0. The van der Waals surface area contributed by atoms with Crippen molar-refractivity contribution in [1.82, 2.24) is 14.5 Å². The van der Waals surface area contributed by atoms with Gasteiger partial charge in [0, 0.05) is 37.6 Å². The molecule has 132 valence electrons. The molecule has 3 heterocycles. The molecular formula is C18H17N5O3. The van der Waals surface area contributed by atoms with Gasteiger partial charge in [0.1, 0.15) is 0 Å². The molecule has 0 spiro atoms. The fraction of sp³-hybridized carbons (Fsp3) is 0.278. The first-order valence-electron chi connectivity index (χ1n) is 8.52. The van der Waals surface area contributed by atoms with E-state index < -0.39 is 4.92 Å². The molecule has 8 nitrogen and oxygen atoms in total. The van der Waals surface area contributed by atoms with Crippen LogP contribution in [-0.4, -0.2) is 32.5 Å². The van der Waals surface area contributed by atoms with Gasteiger partial charge in [0.05, 0.1) is 21.5 Å². The number of pyridine rings is 1. The number of fused-ring (bicyclic) bond motifs is 1. The monoisotopic (exact) mass is 351 g/mol. The minimum atomic E-state index is -0.483. The van der Waals surface area contributed by atoms with E-state index in [1.165, 1.54) is 23.1 Å². The summed E-state index contributed by atoms with van der Waals surface area (Å²) in [5.74, 6) is 0.643. The van der Waals surface area contributed by atoms with Gasteiger partial charge in [0.25, 0.3) is 11.2 Å². The largest absolute Gasteiger partial charge is 0.341 e. The molecular weight excluding hydrogens is 334 g/mol. The fourth-order valence-electron chi connectivity index (χ4n) is 3.23. The molecule has 0 radical (unpaired) electrons. The molecule has 0 unspecified atom stereocenters. The van der Waals surface area contributed by atoms with Crippen molar-refractivity contribution in [2.75, 3.05) is 18.0 Å². The Morgan fingerprint density at radius 1 is 1.12 bits per heavy atom. The Kier molecular flexibility index (Phi) is 4.08. The highest BCUT2D eigenvalue weighted by Crippen LogP contribution is 2.19. The molecule has 1 saturated heterocycles. The standard InChI is InChI=1S/C18H17N5O3/c24-17-15-12-19-18(21-8-2-1-3-9-21)20-16(15)7-10-22(17)13-5-4-6-14(11-13)23(25)26/h4-7,10-12H,1-3,8-9H2. The summed E-state index contributed by atoms with van der Waals surface area (Å²) in [5, 5.41) is 11.4. The van der Waals surface area contributed by atoms with Gasteiger partial charge in [-0.25, -0.2) is 9.97 Å². The molecule has 0 N–H and O–H groups in total. The zero-order valence-electron chi connectivity index (χ0n) is 14.0. The van der Waals surface area contributed by atoms with E-state index in [2.05, 4.69) is 14.9 Å². The lowest BCUT2D eigenvalue weighted by molar-refractivity contribution is -0.384. The lowest BCUT2D eigenvalue weighted by Gasteiger charge is -2.26. The number of rotatable bonds is 3. The highest BCUT2D eigenvalue weighted by atomic mass is 16.6. The van der Waals surface area contributed by atoms with Crippen LogP contribution in [0.2, 0.25) is 0 Å². The molecule has 2 aromatic heterocycles. The molecule has 0 aliphatic carbocycles. The van der Waals surface area contributed by atoms with E-state index in [0.29, 0.717) is 22.5 Å². The Morgan fingerprint density at radius 2 is 1.92 bits per heavy atom. The highest BCUT2D eigenvalue weighted by Gasteiger charge is 2.15. The van der Waals surface area contributed by atoms with Crippen LogP contribution in [0.4, 0.5) is 11.6 Å². The zero-order valence-corrected chi connectivity index (χ0v) is 14.0. The van der Waals surface area contributed by atoms with E-state index in [-0.39, 0.29) is 11.2 Å². The zero-order chi connectivity index (χ0) is 18.1. The van der Waals surface area contributed by atoms with Gasteiger partial charge in [0.2, 0.25) is 5.95 Å². The third kappa shape index (κ3) is 2.90. The Labute approximate surface area is 148 Å². The van der Waals surface area contributed by atoms with Crippen LogP contribution in [0.15, 0.2) is 47.5 Å². The topological polar surface area (TPSA) is 94.2 Å². The van der Waals surface area contributed by atoms with Gasteiger partial charge >= 0.3 is 0 Å². The Hall–Kier alpha value is -3.29. The maximum atomic E-state index is 12.8. The Balaban J connectivity index is 1.77. The SMILES string of the molecule is O=c1c2cnc(N3CCCCC3)nc2ccn1-c1cccc([N+](=O)[O-])c1. The smallest absolute Gasteiger partial charge is 0.271 e. The Bertz CT molecular complexity index is 1040. The summed E-state index contributed by atoms with van der Waals surface area (Å²) in [4.78, 5) is 34.3. The summed E-state index contributed by atoms with van der Waals surface area (Å²) in [6, 6.07) is 7.72. The van der Waals surface area contributed by atoms with Crippen LogP contribution >= 0.6 is 0 Å². The number of hydrogen-bond acceptors (Lipinski definition) is 6. The van der Waals surface area contributed by atoms with Crippen molar-refractivity contribution in [3.8, 4) is 5.69 Å². The molecule has 26 heavy (non-hydrogen) atoms. The molecule has 4 rings (SSSR count). The summed E-state index contributed by atoms with van der Waals surface area (Å²) in [5.41, 5.74) is 0.651. The average molecular weight is 351 g/mol. The molecule has 1 aliphatic heterocycles. The quantitative estimate of drug-likeness (QED) is 0.532. The molecule has 0 amide bonds. The van der Waals surface area contributed by atoms with Crippen molar-refractivity contribution in [2.45, 2.75) is 19.3 Å². The van der Waals surface area contributed by atoms with Crippen molar-refractivity contribution < 1.29 is 4.92 Å². The first-order chi connectivity index (χ1) is 12.6. The van der Waals surface area contributed by atoms with Gasteiger partial charge in [-0.15, -0.1) is 0 Å². The first kappa shape index (κ1) is 16.2. The van der Waals surface area contributed by atoms with Crippen molar-refractivity contribution in [3.63, 3.8) is 0 Å². The molecule has 3 aromatic rings. The number of benzene rings is 1. The van der Waals surface area contributed by atoms with E-state index in [9.17, 15) is 14.9 Å². The van der Waals surface area contributed by atoms with Gasteiger partial charge in [-0.3, -0.25) is 19.5 Å². The number of hydrogen-bond donors (Lipinski definition) is 0. The minimum absolute atomic E-state index is 0.0637. The summed E-state index contributed by atoms with van der Waals surface area (Å²) < 4.78 is 1.37. The number of piperidine rings is 1. The highest BCUT2D eigenvalue weighted by molar-refractivity contribution is 5.78. The second-order valence-corrected chi connectivity index (χ2v) is 6.28. The number of anilines is 1. The first-order valence-corrected chi connectivity index (χ1v) is 8.52. The van der Waals surface area contributed by atoms with E-state index in [1.54, 1.807) is 30.6 Å². The lowest BCUT2D eigenvalue weighted by Crippen LogP contribution is -2.31. The molecule has 8 heteroatoms. The van der Waals surface area contributed by atoms with E-state index in [0.717, 1.165) is 25.9 Å². The normalized spacial score (nSPS) is 14.5. The van der Waals surface area contributed by atoms with Gasteiger partial charge < -0.3 is 4.90 Å². The fourth-order valence-corrected chi connectivity index (χ4v) is 3.23. The third-order valence-corrected chi connectivity index (χ3v) is 4.59. The van der Waals surface area contributed by atoms with Gasteiger partial charge in [-0.1, -0.05) is 6.07 Å². The van der Waals surface area contributed by atoms with Crippen LogP contribution in [0.25, 0.3) is 16.6 Å². The number of nitrogens with zero attached hydrogens (tertiary/aromatic N) is 5. The van der Waals surface area contributed by atoms with Crippen molar-refractivity contribution >= 4 is 22.5 Å². The van der Waals surface area contributed by atoms with Crippen LogP contribution < -0.4 is 10.5 Å². The van der Waals surface area contributed by atoms with Crippen LogP contribution in [0.5, 0.6) is 0 Å². The van der Waals surface area contributed by atoms with E-state index in [4.69, 9.17) is 0 Å². The molecule has 0 atom stereocenters. The second kappa shape index (κ2) is 6.55. The summed E-state index contributed by atoms with van der Waals surface area (Å²) in [6.45, 7) is 1.85. The summed E-state index contributed by atoms with van der Waals surface area (Å²) in [6.07, 6.45) is 6.60. The van der Waals surface area contributed by atoms with E-state index >= 15 is 0 Å². The van der Waals surface area contributed by atoms with E-state index in [1.807, 2.05) is 0 Å². The molecule has 0 bridgehead atoms. The Morgan fingerprint density at radius 3 is 2.69 bits per heavy atom. The van der Waals surface area contributed by atoms with Crippen molar-refractivity contribution in [2.24, 2.45) is 0 Å². The maximum Gasteiger partial charge on any atom is 0.271 e. The lowest BCUT2D eigenvalue weighted by atomic mass is 10.1. The van der Waals surface area contributed by atoms with Gasteiger partial charge in [0.15, 0.2) is 0 Å². The van der Waals surface area contributed by atoms with Crippen LogP contribution in [0, 0.1) is 10.1 Å².